The van der Waals surface area contributed by atoms with Crippen molar-refractivity contribution < 1.29 is 31.5 Å². The second kappa shape index (κ2) is 9.04. The Labute approximate surface area is 180 Å². The highest BCUT2D eigenvalue weighted by molar-refractivity contribution is 7.92. The summed E-state index contributed by atoms with van der Waals surface area (Å²) in [6.45, 7) is 0.374. The van der Waals surface area contributed by atoms with E-state index in [9.17, 15) is 26.4 Å². The summed E-state index contributed by atoms with van der Waals surface area (Å²) in [5.74, 6) is -1.79. The van der Waals surface area contributed by atoms with Crippen LogP contribution in [0.1, 0.15) is 23.2 Å². The summed E-state index contributed by atoms with van der Waals surface area (Å²) in [5.41, 5.74) is 0.351. The predicted octanol–water partition coefficient (Wildman–Crippen LogP) is 1.09. The van der Waals surface area contributed by atoms with Gasteiger partial charge in [-0.1, -0.05) is 0 Å². The number of carboxylic acid groups (broad SMARTS) is 1. The van der Waals surface area contributed by atoms with Gasteiger partial charge in [0.15, 0.2) is 0 Å². The van der Waals surface area contributed by atoms with Crippen molar-refractivity contribution in [3.63, 3.8) is 0 Å². The van der Waals surface area contributed by atoms with Crippen LogP contribution in [-0.2, 0) is 24.8 Å². The highest BCUT2D eigenvalue weighted by Gasteiger charge is 2.27. The number of nitrogens with one attached hydrogen (secondary N) is 2. The molecule has 0 atom stereocenters. The van der Waals surface area contributed by atoms with Crippen molar-refractivity contribution in [3.05, 3.63) is 54.1 Å². The third kappa shape index (κ3) is 5.40. The summed E-state index contributed by atoms with van der Waals surface area (Å²) < 4.78 is 54.0. The van der Waals surface area contributed by atoms with Crippen LogP contribution in [0.25, 0.3) is 0 Å². The number of amides is 1. The van der Waals surface area contributed by atoms with Gasteiger partial charge in [-0.15, -0.1) is 0 Å². The van der Waals surface area contributed by atoms with Crippen molar-refractivity contribution in [2.24, 2.45) is 0 Å². The molecule has 166 valence electrons. The van der Waals surface area contributed by atoms with Crippen molar-refractivity contribution >= 4 is 37.6 Å². The number of hydrogen-bond donors (Lipinski definition) is 3. The van der Waals surface area contributed by atoms with Gasteiger partial charge in [0.05, 0.1) is 9.79 Å². The molecule has 2 aromatic rings. The molecule has 12 heteroatoms. The van der Waals surface area contributed by atoms with E-state index in [-0.39, 0.29) is 21.0 Å². The summed E-state index contributed by atoms with van der Waals surface area (Å²) in [6, 6.07) is 10.4. The van der Waals surface area contributed by atoms with E-state index in [2.05, 4.69) is 10.0 Å². The predicted molar refractivity (Wildman–Crippen MR) is 112 cm³/mol. The van der Waals surface area contributed by atoms with Gasteiger partial charge >= 0.3 is 5.97 Å². The van der Waals surface area contributed by atoms with Crippen LogP contribution in [0.4, 0.5) is 5.69 Å². The molecular formula is C19H21N3O7S2. The number of benzene rings is 2. The average Bonchev–Trinajstić information content (AvgIpc) is 3.28. The van der Waals surface area contributed by atoms with Gasteiger partial charge in [0.2, 0.25) is 10.0 Å². The van der Waals surface area contributed by atoms with Crippen molar-refractivity contribution in [2.45, 2.75) is 22.6 Å². The summed E-state index contributed by atoms with van der Waals surface area (Å²) >= 11 is 0. The number of nitrogens with zero attached hydrogens (tertiary/aromatic N) is 1. The molecule has 1 amide bonds. The van der Waals surface area contributed by atoms with Crippen LogP contribution in [0.15, 0.2) is 58.3 Å². The molecule has 3 rings (SSSR count). The maximum Gasteiger partial charge on any atom is 0.322 e. The molecule has 0 aliphatic carbocycles. The van der Waals surface area contributed by atoms with Crippen LogP contribution in [-0.4, -0.2) is 57.8 Å². The van der Waals surface area contributed by atoms with Gasteiger partial charge in [-0.2, -0.15) is 4.31 Å². The van der Waals surface area contributed by atoms with Crippen molar-refractivity contribution in [1.82, 2.24) is 9.62 Å². The molecule has 0 spiro atoms. The summed E-state index contributed by atoms with van der Waals surface area (Å²) in [7, 11) is -7.63. The molecule has 1 heterocycles. The monoisotopic (exact) mass is 467 g/mol. The van der Waals surface area contributed by atoms with Crippen molar-refractivity contribution in [1.29, 1.82) is 0 Å². The smallest absolute Gasteiger partial charge is 0.322 e. The number of rotatable bonds is 8. The molecular weight excluding hydrogens is 446 g/mol. The lowest BCUT2D eigenvalue weighted by Crippen LogP contribution is -2.29. The summed E-state index contributed by atoms with van der Waals surface area (Å²) in [5, 5.41) is 10.8. The van der Waals surface area contributed by atoms with E-state index in [0.717, 1.165) is 12.8 Å². The van der Waals surface area contributed by atoms with E-state index in [4.69, 9.17) is 5.11 Å². The normalized spacial score (nSPS) is 14.8. The van der Waals surface area contributed by atoms with E-state index in [1.807, 2.05) is 0 Å². The Kier molecular flexibility index (Phi) is 6.62. The van der Waals surface area contributed by atoms with Crippen LogP contribution < -0.4 is 10.0 Å². The highest BCUT2D eigenvalue weighted by Crippen LogP contribution is 2.23. The molecule has 2 aromatic carbocycles. The Morgan fingerprint density at radius 1 is 0.871 bits per heavy atom. The second-order valence-electron chi connectivity index (χ2n) is 6.84. The molecule has 1 aliphatic heterocycles. The van der Waals surface area contributed by atoms with E-state index in [1.54, 1.807) is 0 Å². The molecule has 3 N–H and O–H groups in total. The Hall–Kier alpha value is -2.96. The summed E-state index contributed by atoms with van der Waals surface area (Å²) in [4.78, 5) is 22.2. The summed E-state index contributed by atoms with van der Waals surface area (Å²) in [6.07, 6.45) is 1.60. The van der Waals surface area contributed by atoms with Crippen LogP contribution in [0.3, 0.4) is 0 Å². The molecule has 0 saturated carbocycles. The Bertz CT molecular complexity index is 1170. The first kappa shape index (κ1) is 22.7. The molecule has 0 unspecified atom stereocenters. The van der Waals surface area contributed by atoms with Crippen LogP contribution >= 0.6 is 0 Å². The molecule has 0 bridgehead atoms. The lowest BCUT2D eigenvalue weighted by Gasteiger charge is -2.15. The van der Waals surface area contributed by atoms with Gasteiger partial charge in [-0.05, 0) is 61.4 Å². The molecule has 0 radical (unpaired) electrons. The van der Waals surface area contributed by atoms with E-state index in [0.29, 0.717) is 13.1 Å². The minimum absolute atomic E-state index is 0.0325. The lowest BCUT2D eigenvalue weighted by atomic mass is 10.2. The standard InChI is InChI=1S/C19H21N3O7S2/c23-18(24)13-20-19(25)14-3-5-15(6-4-14)21-30(26,27)16-7-9-17(10-8-16)31(28,29)22-11-1-2-12-22/h3-10,21H,1-2,11-13H2,(H,20,25)(H,23,24). The lowest BCUT2D eigenvalue weighted by molar-refractivity contribution is -0.135. The molecule has 10 nitrogen and oxygen atoms in total. The van der Waals surface area contributed by atoms with Gasteiger partial charge < -0.3 is 10.4 Å². The number of sulfonamides is 2. The molecule has 1 aliphatic rings. The van der Waals surface area contributed by atoms with E-state index < -0.39 is 38.5 Å². The molecule has 31 heavy (non-hydrogen) atoms. The number of carbonyl (C=O) groups excluding carboxylic acids is 1. The fraction of sp³-hybridized carbons (Fsp3) is 0.263. The number of anilines is 1. The zero-order valence-corrected chi connectivity index (χ0v) is 17.9. The SMILES string of the molecule is O=C(O)CNC(=O)c1ccc(NS(=O)(=O)c2ccc(S(=O)(=O)N3CCCC3)cc2)cc1. The number of hydrogen-bond acceptors (Lipinski definition) is 6. The molecule has 1 saturated heterocycles. The topological polar surface area (TPSA) is 150 Å². The van der Waals surface area contributed by atoms with Crippen molar-refractivity contribution in [3.8, 4) is 0 Å². The quantitative estimate of drug-likeness (QED) is 0.526. The Balaban J connectivity index is 1.70. The number of carbonyl (C=O) groups is 2. The van der Waals surface area contributed by atoms with Crippen LogP contribution in [0.2, 0.25) is 0 Å². The number of aliphatic carboxylic acids is 1. The Morgan fingerprint density at radius 2 is 1.42 bits per heavy atom. The van der Waals surface area contributed by atoms with Gasteiger partial charge in [0, 0.05) is 24.3 Å². The third-order valence-electron chi connectivity index (χ3n) is 4.64. The second-order valence-corrected chi connectivity index (χ2v) is 10.5. The molecule has 0 aromatic heterocycles. The minimum Gasteiger partial charge on any atom is -0.480 e. The van der Waals surface area contributed by atoms with Gasteiger partial charge in [-0.3, -0.25) is 14.3 Å². The molecule has 1 fully saturated rings. The first-order valence-corrected chi connectivity index (χ1v) is 12.2. The average molecular weight is 468 g/mol. The fourth-order valence-electron chi connectivity index (χ4n) is 3.03. The van der Waals surface area contributed by atoms with E-state index in [1.165, 1.54) is 52.8 Å². The van der Waals surface area contributed by atoms with E-state index >= 15 is 0 Å². The maximum atomic E-state index is 12.6. The third-order valence-corrected chi connectivity index (χ3v) is 7.95. The Morgan fingerprint density at radius 3 is 1.97 bits per heavy atom. The maximum absolute atomic E-state index is 12.6. The first-order chi connectivity index (χ1) is 14.6. The zero-order valence-electron chi connectivity index (χ0n) is 16.3. The number of carboxylic acids is 1. The largest absolute Gasteiger partial charge is 0.480 e. The minimum atomic E-state index is -3.99. The van der Waals surface area contributed by atoms with Gasteiger partial charge in [-0.25, -0.2) is 16.8 Å². The van der Waals surface area contributed by atoms with Crippen molar-refractivity contribution in [2.75, 3.05) is 24.4 Å². The van der Waals surface area contributed by atoms with Crippen LogP contribution in [0.5, 0.6) is 0 Å². The first-order valence-electron chi connectivity index (χ1n) is 9.33. The van der Waals surface area contributed by atoms with Gasteiger partial charge in [0.25, 0.3) is 15.9 Å². The van der Waals surface area contributed by atoms with Crippen LogP contribution in [0, 0.1) is 0 Å². The highest BCUT2D eigenvalue weighted by atomic mass is 32.2. The van der Waals surface area contributed by atoms with Gasteiger partial charge in [0.1, 0.15) is 6.54 Å². The zero-order chi connectivity index (χ0) is 22.6. The fourth-order valence-corrected chi connectivity index (χ4v) is 5.61.